The Kier molecular flexibility index (Phi) is 3.91. The predicted molar refractivity (Wildman–Crippen MR) is 53.7 cm³/mol. The molecule has 0 heterocycles. The van der Waals surface area contributed by atoms with E-state index in [4.69, 9.17) is 5.73 Å². The largest absolute Gasteiger partial charge is 0.330 e. The van der Waals surface area contributed by atoms with Crippen LogP contribution in [0, 0.1) is 18.6 Å². The molecule has 15 heavy (non-hydrogen) atoms. The molecule has 0 atom stereocenters. The van der Waals surface area contributed by atoms with Gasteiger partial charge >= 0.3 is 0 Å². The number of halogens is 2. The molecular formula is C11H13F2NO. The standard InChI is InChI=1S/C11H13F2NO/c1-7-4-5-8(11(13)10(7)12)9(15)3-2-6-14/h4-5H,2-3,6,14H2,1H3. The second kappa shape index (κ2) is 4.98. The van der Waals surface area contributed by atoms with E-state index in [9.17, 15) is 13.6 Å². The molecule has 0 aliphatic rings. The van der Waals surface area contributed by atoms with Crippen molar-refractivity contribution in [3.05, 3.63) is 34.9 Å². The van der Waals surface area contributed by atoms with Crippen molar-refractivity contribution in [2.24, 2.45) is 5.73 Å². The lowest BCUT2D eigenvalue weighted by atomic mass is 10.0. The maximum atomic E-state index is 13.3. The highest BCUT2D eigenvalue weighted by molar-refractivity contribution is 5.96. The van der Waals surface area contributed by atoms with E-state index in [1.165, 1.54) is 19.1 Å². The number of aryl methyl sites for hydroxylation is 1. The molecule has 1 rings (SSSR count). The van der Waals surface area contributed by atoms with Crippen LogP contribution in [-0.2, 0) is 0 Å². The van der Waals surface area contributed by atoms with Crippen LogP contribution in [0.3, 0.4) is 0 Å². The van der Waals surface area contributed by atoms with Crippen LogP contribution in [0.2, 0.25) is 0 Å². The molecule has 0 saturated carbocycles. The predicted octanol–water partition coefficient (Wildman–Crippen LogP) is 2.19. The first-order valence-corrected chi connectivity index (χ1v) is 4.75. The third kappa shape index (κ3) is 2.59. The van der Waals surface area contributed by atoms with Crippen molar-refractivity contribution in [1.29, 1.82) is 0 Å². The smallest absolute Gasteiger partial charge is 0.169 e. The summed E-state index contributed by atoms with van der Waals surface area (Å²) in [6, 6.07) is 2.71. The van der Waals surface area contributed by atoms with Gasteiger partial charge in [-0.05, 0) is 31.5 Å². The van der Waals surface area contributed by atoms with Gasteiger partial charge in [0.05, 0.1) is 5.56 Å². The molecule has 0 bridgehead atoms. The Bertz CT molecular complexity index is 377. The number of hydrogen-bond donors (Lipinski definition) is 1. The maximum absolute atomic E-state index is 13.3. The fraction of sp³-hybridized carbons (Fsp3) is 0.364. The van der Waals surface area contributed by atoms with Gasteiger partial charge in [0.2, 0.25) is 0 Å². The second-order valence-corrected chi connectivity index (χ2v) is 3.37. The van der Waals surface area contributed by atoms with Crippen molar-refractivity contribution < 1.29 is 13.6 Å². The van der Waals surface area contributed by atoms with Crippen molar-refractivity contribution in [3.8, 4) is 0 Å². The lowest BCUT2D eigenvalue weighted by Crippen LogP contribution is -2.08. The molecule has 2 N–H and O–H groups in total. The Morgan fingerprint density at radius 2 is 2.00 bits per heavy atom. The molecule has 0 aromatic heterocycles. The molecule has 0 radical (unpaired) electrons. The lowest BCUT2D eigenvalue weighted by Gasteiger charge is -2.04. The summed E-state index contributed by atoms with van der Waals surface area (Å²) < 4.78 is 26.4. The first-order chi connectivity index (χ1) is 7.07. The van der Waals surface area contributed by atoms with Gasteiger partial charge in [-0.2, -0.15) is 0 Å². The molecule has 0 aliphatic heterocycles. The van der Waals surface area contributed by atoms with Crippen molar-refractivity contribution in [1.82, 2.24) is 0 Å². The second-order valence-electron chi connectivity index (χ2n) is 3.37. The zero-order chi connectivity index (χ0) is 11.4. The molecule has 2 nitrogen and oxygen atoms in total. The number of benzene rings is 1. The third-order valence-electron chi connectivity index (χ3n) is 2.18. The Labute approximate surface area is 87.1 Å². The zero-order valence-electron chi connectivity index (χ0n) is 8.52. The molecule has 1 aromatic rings. The van der Waals surface area contributed by atoms with E-state index in [-0.39, 0.29) is 17.5 Å². The number of rotatable bonds is 4. The fourth-order valence-corrected chi connectivity index (χ4v) is 1.26. The zero-order valence-corrected chi connectivity index (χ0v) is 8.52. The monoisotopic (exact) mass is 213 g/mol. The van der Waals surface area contributed by atoms with Crippen molar-refractivity contribution in [3.63, 3.8) is 0 Å². The summed E-state index contributed by atoms with van der Waals surface area (Å²) in [5.41, 5.74) is 5.24. The first-order valence-electron chi connectivity index (χ1n) is 4.75. The minimum atomic E-state index is -1.06. The van der Waals surface area contributed by atoms with Crippen LogP contribution in [0.1, 0.15) is 28.8 Å². The molecule has 0 amide bonds. The van der Waals surface area contributed by atoms with Gasteiger partial charge in [0.25, 0.3) is 0 Å². The number of nitrogens with two attached hydrogens (primary N) is 1. The highest BCUT2D eigenvalue weighted by Gasteiger charge is 2.16. The van der Waals surface area contributed by atoms with Gasteiger partial charge < -0.3 is 5.73 Å². The van der Waals surface area contributed by atoms with E-state index in [2.05, 4.69) is 0 Å². The molecule has 4 heteroatoms. The Morgan fingerprint density at radius 1 is 1.33 bits per heavy atom. The van der Waals surface area contributed by atoms with Crippen LogP contribution in [0.5, 0.6) is 0 Å². The maximum Gasteiger partial charge on any atom is 0.169 e. The van der Waals surface area contributed by atoms with E-state index in [1.54, 1.807) is 0 Å². The minimum Gasteiger partial charge on any atom is -0.330 e. The van der Waals surface area contributed by atoms with Gasteiger partial charge in [-0.25, -0.2) is 8.78 Å². The van der Waals surface area contributed by atoms with Crippen molar-refractivity contribution in [2.75, 3.05) is 6.54 Å². The van der Waals surface area contributed by atoms with E-state index < -0.39 is 17.4 Å². The average Bonchev–Trinajstić information content (AvgIpc) is 2.23. The van der Waals surface area contributed by atoms with Crippen molar-refractivity contribution in [2.45, 2.75) is 19.8 Å². The number of hydrogen-bond acceptors (Lipinski definition) is 2. The SMILES string of the molecule is Cc1ccc(C(=O)CCCN)c(F)c1F. The summed E-state index contributed by atoms with van der Waals surface area (Å²) in [6.07, 6.45) is 0.629. The summed E-state index contributed by atoms with van der Waals surface area (Å²) in [6.45, 7) is 1.81. The molecule has 1 aromatic carbocycles. The van der Waals surface area contributed by atoms with E-state index >= 15 is 0 Å². The molecule has 0 fully saturated rings. The van der Waals surface area contributed by atoms with Crippen LogP contribution >= 0.6 is 0 Å². The van der Waals surface area contributed by atoms with Crippen LogP contribution < -0.4 is 5.73 Å². The van der Waals surface area contributed by atoms with Crippen LogP contribution in [0.4, 0.5) is 8.78 Å². The van der Waals surface area contributed by atoms with Gasteiger partial charge in [0.15, 0.2) is 17.4 Å². The number of carbonyl (C=O) groups is 1. The molecule has 82 valence electrons. The Balaban J connectivity index is 2.95. The van der Waals surface area contributed by atoms with Crippen LogP contribution in [0.25, 0.3) is 0 Å². The van der Waals surface area contributed by atoms with Gasteiger partial charge in [-0.1, -0.05) is 6.07 Å². The molecule has 0 spiro atoms. The topological polar surface area (TPSA) is 43.1 Å². The highest BCUT2D eigenvalue weighted by Crippen LogP contribution is 2.17. The van der Waals surface area contributed by atoms with Gasteiger partial charge in [0.1, 0.15) is 0 Å². The number of Topliss-reactive ketones (excluding diaryl/α,β-unsaturated/α-hetero) is 1. The Hall–Kier alpha value is -1.29. The first kappa shape index (κ1) is 11.8. The normalized spacial score (nSPS) is 10.4. The van der Waals surface area contributed by atoms with Crippen molar-refractivity contribution >= 4 is 5.78 Å². The van der Waals surface area contributed by atoms with E-state index in [0.717, 1.165) is 0 Å². The third-order valence-corrected chi connectivity index (χ3v) is 2.18. The van der Waals surface area contributed by atoms with Gasteiger partial charge in [-0.3, -0.25) is 4.79 Å². The summed E-state index contributed by atoms with van der Waals surface area (Å²) in [7, 11) is 0. The number of ketones is 1. The highest BCUT2D eigenvalue weighted by atomic mass is 19.2. The van der Waals surface area contributed by atoms with Crippen LogP contribution in [0.15, 0.2) is 12.1 Å². The summed E-state index contributed by atoms with van der Waals surface area (Å²) in [4.78, 5) is 11.4. The quantitative estimate of drug-likeness (QED) is 0.779. The van der Waals surface area contributed by atoms with E-state index in [0.29, 0.717) is 13.0 Å². The van der Waals surface area contributed by atoms with Crippen LogP contribution in [-0.4, -0.2) is 12.3 Å². The van der Waals surface area contributed by atoms with Gasteiger partial charge in [0, 0.05) is 6.42 Å². The van der Waals surface area contributed by atoms with Gasteiger partial charge in [-0.15, -0.1) is 0 Å². The summed E-state index contributed by atoms with van der Waals surface area (Å²) in [5.74, 6) is -2.41. The molecular weight excluding hydrogens is 200 g/mol. The van der Waals surface area contributed by atoms with E-state index in [1.807, 2.05) is 0 Å². The fourth-order valence-electron chi connectivity index (χ4n) is 1.26. The molecule has 0 aliphatic carbocycles. The minimum absolute atomic E-state index is 0.149. The summed E-state index contributed by atoms with van der Waals surface area (Å²) in [5, 5.41) is 0. The molecule has 0 unspecified atom stereocenters. The Morgan fingerprint density at radius 3 is 2.60 bits per heavy atom. The number of carbonyl (C=O) groups excluding carboxylic acids is 1. The lowest BCUT2D eigenvalue weighted by molar-refractivity contribution is 0.0976. The summed E-state index contributed by atoms with van der Waals surface area (Å²) >= 11 is 0. The molecule has 0 saturated heterocycles. The average molecular weight is 213 g/mol.